The molecule has 0 saturated carbocycles. The Kier molecular flexibility index (Phi) is 2.60. The van der Waals surface area contributed by atoms with E-state index in [0.717, 1.165) is 5.69 Å². The molecule has 2 aliphatic rings. The van der Waals surface area contributed by atoms with Gasteiger partial charge in [0.05, 0.1) is 5.56 Å². The van der Waals surface area contributed by atoms with Gasteiger partial charge in [-0.25, -0.2) is 9.63 Å². The van der Waals surface area contributed by atoms with E-state index in [1.165, 1.54) is 17.2 Å². The van der Waals surface area contributed by atoms with Gasteiger partial charge in [-0.1, -0.05) is 0 Å². The number of anilines is 2. The van der Waals surface area contributed by atoms with Crippen molar-refractivity contribution in [3.8, 4) is 5.75 Å². The van der Waals surface area contributed by atoms with Gasteiger partial charge < -0.3 is 14.8 Å². The van der Waals surface area contributed by atoms with Crippen molar-refractivity contribution in [2.45, 2.75) is 0 Å². The van der Waals surface area contributed by atoms with Crippen LogP contribution in [0.4, 0.5) is 11.5 Å². The highest BCUT2D eigenvalue weighted by molar-refractivity contribution is 5.95. The van der Waals surface area contributed by atoms with E-state index < -0.39 is 5.97 Å². The molecule has 0 aliphatic carbocycles. The van der Waals surface area contributed by atoms with Crippen molar-refractivity contribution < 1.29 is 24.3 Å². The summed E-state index contributed by atoms with van der Waals surface area (Å²) in [5, 5.41) is 10.2. The number of aromatic nitrogens is 1. The monoisotopic (exact) mass is 301 g/mol. The van der Waals surface area contributed by atoms with Crippen LogP contribution in [0.25, 0.3) is 0 Å². The van der Waals surface area contributed by atoms with Crippen molar-refractivity contribution in [3.63, 3.8) is 0 Å². The van der Waals surface area contributed by atoms with Crippen LogP contribution >= 0.6 is 0 Å². The molecule has 3 heterocycles. The highest BCUT2D eigenvalue weighted by Crippen LogP contribution is 2.39. The SMILES string of the molecule is O=C(O)c1ccc(N2COc3cc(C(=O)N4CO4)[nH]c32)cc1. The van der Waals surface area contributed by atoms with Crippen LogP contribution in [0.1, 0.15) is 20.8 Å². The molecule has 1 saturated heterocycles. The molecule has 0 atom stereocenters. The van der Waals surface area contributed by atoms with Gasteiger partial charge in [-0.15, -0.1) is 0 Å². The van der Waals surface area contributed by atoms with Gasteiger partial charge in [0.1, 0.15) is 5.69 Å². The second-order valence-corrected chi connectivity index (χ2v) is 4.89. The van der Waals surface area contributed by atoms with Crippen molar-refractivity contribution in [2.24, 2.45) is 0 Å². The Labute approximate surface area is 124 Å². The van der Waals surface area contributed by atoms with Crippen LogP contribution in [0.2, 0.25) is 0 Å². The number of benzene rings is 1. The first-order valence-electron chi connectivity index (χ1n) is 6.55. The number of ether oxygens (including phenoxy) is 1. The normalized spacial score (nSPS) is 15.5. The van der Waals surface area contributed by atoms with E-state index in [1.54, 1.807) is 18.2 Å². The summed E-state index contributed by atoms with van der Waals surface area (Å²) < 4.78 is 5.54. The molecule has 1 fully saturated rings. The summed E-state index contributed by atoms with van der Waals surface area (Å²) in [5.74, 6) is 0.0103. The molecule has 2 N–H and O–H groups in total. The zero-order valence-corrected chi connectivity index (χ0v) is 11.3. The summed E-state index contributed by atoms with van der Waals surface area (Å²) in [6, 6.07) is 8.06. The smallest absolute Gasteiger partial charge is 0.335 e. The fourth-order valence-corrected chi connectivity index (χ4v) is 2.32. The summed E-state index contributed by atoms with van der Waals surface area (Å²) >= 11 is 0. The predicted octanol–water partition coefficient (Wildman–Crippen LogP) is 1.55. The number of carbonyl (C=O) groups excluding carboxylic acids is 1. The minimum Gasteiger partial charge on any atom is -0.478 e. The van der Waals surface area contributed by atoms with E-state index in [-0.39, 0.29) is 11.5 Å². The largest absolute Gasteiger partial charge is 0.478 e. The molecular weight excluding hydrogens is 290 g/mol. The Balaban J connectivity index is 1.63. The topological polar surface area (TPSA) is 98.2 Å². The number of carboxylic acid groups (broad SMARTS) is 1. The first-order valence-corrected chi connectivity index (χ1v) is 6.55. The molecule has 22 heavy (non-hydrogen) atoms. The molecule has 1 amide bonds. The molecule has 2 aliphatic heterocycles. The summed E-state index contributed by atoms with van der Waals surface area (Å²) in [5.41, 5.74) is 1.37. The fraction of sp³-hybridized carbons (Fsp3) is 0.143. The number of nitrogens with one attached hydrogen (secondary N) is 1. The third kappa shape index (κ3) is 1.97. The lowest BCUT2D eigenvalue weighted by Crippen LogP contribution is -2.18. The third-order valence-electron chi connectivity index (χ3n) is 3.52. The lowest BCUT2D eigenvalue weighted by Gasteiger charge is -2.16. The number of hydroxylamine groups is 2. The van der Waals surface area contributed by atoms with E-state index >= 15 is 0 Å². The lowest BCUT2D eigenvalue weighted by molar-refractivity contribution is 0.0692. The number of H-pyrrole nitrogens is 1. The van der Waals surface area contributed by atoms with Crippen LogP contribution in [0, 0.1) is 0 Å². The Morgan fingerprint density at radius 3 is 2.55 bits per heavy atom. The maximum Gasteiger partial charge on any atom is 0.335 e. The van der Waals surface area contributed by atoms with Crippen molar-refractivity contribution >= 4 is 23.4 Å². The number of aromatic carboxylic acids is 1. The van der Waals surface area contributed by atoms with Crippen molar-refractivity contribution in [1.82, 2.24) is 10.0 Å². The predicted molar refractivity (Wildman–Crippen MR) is 73.9 cm³/mol. The highest BCUT2D eigenvalue weighted by atomic mass is 16.8. The molecule has 4 rings (SSSR count). The van der Waals surface area contributed by atoms with Crippen LogP contribution in [0.3, 0.4) is 0 Å². The number of hydrogen-bond donors (Lipinski definition) is 2. The number of hydrogen-bond acceptors (Lipinski definition) is 5. The van der Waals surface area contributed by atoms with Gasteiger partial charge in [-0.2, -0.15) is 5.06 Å². The van der Waals surface area contributed by atoms with Gasteiger partial charge in [-0.3, -0.25) is 9.69 Å². The first-order chi connectivity index (χ1) is 10.6. The zero-order chi connectivity index (χ0) is 15.3. The highest BCUT2D eigenvalue weighted by Gasteiger charge is 2.32. The van der Waals surface area contributed by atoms with Gasteiger partial charge >= 0.3 is 5.97 Å². The van der Waals surface area contributed by atoms with E-state index in [4.69, 9.17) is 14.7 Å². The molecule has 0 unspecified atom stereocenters. The van der Waals surface area contributed by atoms with E-state index in [2.05, 4.69) is 4.98 Å². The van der Waals surface area contributed by atoms with Gasteiger partial charge in [0, 0.05) is 11.8 Å². The molecule has 0 bridgehead atoms. The minimum absolute atomic E-state index is 0.213. The maximum atomic E-state index is 11.9. The molecule has 0 spiro atoms. The third-order valence-corrected chi connectivity index (χ3v) is 3.52. The Morgan fingerprint density at radius 2 is 1.91 bits per heavy atom. The Bertz CT molecular complexity index is 763. The number of aromatic amines is 1. The van der Waals surface area contributed by atoms with Crippen molar-refractivity contribution in [1.29, 1.82) is 0 Å². The lowest BCUT2D eigenvalue weighted by atomic mass is 10.2. The van der Waals surface area contributed by atoms with Crippen LogP contribution in [0.15, 0.2) is 30.3 Å². The number of fused-ring (bicyclic) bond motifs is 1. The number of carboxylic acids is 1. The van der Waals surface area contributed by atoms with E-state index in [0.29, 0.717) is 30.7 Å². The zero-order valence-electron chi connectivity index (χ0n) is 11.3. The molecule has 0 radical (unpaired) electrons. The second kappa shape index (κ2) is 4.50. The average Bonchev–Trinajstić information content (AvgIpc) is 3.16. The number of amides is 1. The Morgan fingerprint density at radius 1 is 1.18 bits per heavy atom. The Hall–Kier alpha value is -3.00. The van der Waals surface area contributed by atoms with Crippen LogP contribution < -0.4 is 9.64 Å². The van der Waals surface area contributed by atoms with E-state index in [9.17, 15) is 9.59 Å². The molecule has 8 heteroatoms. The van der Waals surface area contributed by atoms with Crippen molar-refractivity contribution in [3.05, 3.63) is 41.6 Å². The van der Waals surface area contributed by atoms with Crippen LogP contribution in [-0.2, 0) is 4.84 Å². The molecule has 2 aromatic rings. The first kappa shape index (κ1) is 12.7. The van der Waals surface area contributed by atoms with Gasteiger partial charge in [0.2, 0.25) is 0 Å². The molecule has 1 aromatic carbocycles. The quantitative estimate of drug-likeness (QED) is 0.835. The maximum absolute atomic E-state index is 11.9. The molecular formula is C14H11N3O5. The minimum atomic E-state index is -0.976. The van der Waals surface area contributed by atoms with E-state index in [1.807, 2.05) is 4.90 Å². The molecule has 112 valence electrons. The summed E-state index contributed by atoms with van der Waals surface area (Å²) in [7, 11) is 0. The van der Waals surface area contributed by atoms with Crippen LogP contribution in [0.5, 0.6) is 5.75 Å². The molecule has 1 aromatic heterocycles. The second-order valence-electron chi connectivity index (χ2n) is 4.89. The standard InChI is InChI=1S/C14H11N3O5/c18-13(17-7-22-17)10-5-11-12(15-10)16(6-21-11)9-3-1-8(2-4-9)14(19)20/h1-5,15H,6-7H2,(H,19,20). The van der Waals surface area contributed by atoms with Gasteiger partial charge in [0.15, 0.2) is 25.0 Å². The number of rotatable bonds is 3. The number of nitrogens with zero attached hydrogens (tertiary/aromatic N) is 2. The van der Waals surface area contributed by atoms with Crippen LogP contribution in [-0.4, -0.2) is 40.5 Å². The summed E-state index contributed by atoms with van der Waals surface area (Å²) in [6.45, 7) is 0.589. The fourth-order valence-electron chi connectivity index (χ4n) is 2.32. The van der Waals surface area contributed by atoms with Gasteiger partial charge in [-0.05, 0) is 24.3 Å². The molecule has 8 nitrogen and oxygen atoms in total. The van der Waals surface area contributed by atoms with Crippen molar-refractivity contribution in [2.75, 3.05) is 18.4 Å². The summed E-state index contributed by atoms with van der Waals surface area (Å²) in [4.78, 5) is 32.4. The summed E-state index contributed by atoms with van der Waals surface area (Å²) in [6.07, 6.45) is 0. The average molecular weight is 301 g/mol. The number of carbonyl (C=O) groups is 2. The van der Waals surface area contributed by atoms with Gasteiger partial charge in [0.25, 0.3) is 5.91 Å².